The Kier molecular flexibility index (Phi) is 3.38. The normalized spacial score (nSPS) is 18.7. The molecule has 94 valence electrons. The quantitative estimate of drug-likeness (QED) is 0.868. The molecule has 0 radical (unpaired) electrons. The Morgan fingerprint density at radius 3 is 2.71 bits per heavy atom. The van der Waals surface area contributed by atoms with Gasteiger partial charge in [-0.2, -0.15) is 0 Å². The van der Waals surface area contributed by atoms with Gasteiger partial charge in [0.25, 0.3) is 0 Å². The van der Waals surface area contributed by atoms with Crippen molar-refractivity contribution in [3.63, 3.8) is 0 Å². The molecule has 2 nitrogen and oxygen atoms in total. The predicted octanol–water partition coefficient (Wildman–Crippen LogP) is 2.78. The highest BCUT2D eigenvalue weighted by Gasteiger charge is 2.30. The van der Waals surface area contributed by atoms with Crippen LogP contribution in [-0.4, -0.2) is 20.1 Å². The Morgan fingerprint density at radius 2 is 2.18 bits per heavy atom. The van der Waals surface area contributed by atoms with Crippen LogP contribution in [0.25, 0.3) is 0 Å². The van der Waals surface area contributed by atoms with Crippen molar-refractivity contribution in [2.75, 3.05) is 25.0 Å². The highest BCUT2D eigenvalue weighted by atomic mass is 19.1. The number of hydrogen-bond donors (Lipinski definition) is 1. The van der Waals surface area contributed by atoms with Gasteiger partial charge in [-0.15, -0.1) is 0 Å². The van der Waals surface area contributed by atoms with Crippen LogP contribution in [-0.2, 0) is 6.54 Å². The third-order valence-corrected chi connectivity index (χ3v) is 3.41. The molecule has 1 fully saturated rings. The van der Waals surface area contributed by atoms with E-state index in [1.807, 2.05) is 19.2 Å². The lowest BCUT2D eigenvalue weighted by atomic mass is 9.93. The van der Waals surface area contributed by atoms with Crippen LogP contribution in [0.3, 0.4) is 0 Å². The van der Waals surface area contributed by atoms with Crippen molar-refractivity contribution in [1.82, 2.24) is 5.32 Å². The number of nitrogens with one attached hydrogen (secondary N) is 1. The van der Waals surface area contributed by atoms with Gasteiger partial charge in [0, 0.05) is 19.6 Å². The van der Waals surface area contributed by atoms with Gasteiger partial charge in [0.15, 0.2) is 0 Å². The Morgan fingerprint density at radius 1 is 1.41 bits per heavy atom. The van der Waals surface area contributed by atoms with E-state index in [9.17, 15) is 4.39 Å². The molecule has 0 atom stereocenters. The van der Waals surface area contributed by atoms with Gasteiger partial charge in [0.2, 0.25) is 0 Å². The van der Waals surface area contributed by atoms with Gasteiger partial charge in [0.05, 0.1) is 5.69 Å². The summed E-state index contributed by atoms with van der Waals surface area (Å²) >= 11 is 0. The van der Waals surface area contributed by atoms with Gasteiger partial charge in [0.1, 0.15) is 5.82 Å². The van der Waals surface area contributed by atoms with E-state index < -0.39 is 0 Å². The van der Waals surface area contributed by atoms with Crippen molar-refractivity contribution in [2.45, 2.75) is 26.8 Å². The molecule has 0 aliphatic carbocycles. The molecule has 0 bridgehead atoms. The summed E-state index contributed by atoms with van der Waals surface area (Å²) in [6, 6.07) is 5.54. The molecule has 0 unspecified atom stereocenters. The van der Waals surface area contributed by atoms with Crippen LogP contribution in [0.15, 0.2) is 18.2 Å². The van der Waals surface area contributed by atoms with Crippen molar-refractivity contribution in [3.05, 3.63) is 29.6 Å². The maximum Gasteiger partial charge on any atom is 0.146 e. The summed E-state index contributed by atoms with van der Waals surface area (Å²) in [5, 5.41) is 3.03. The Balaban J connectivity index is 2.17. The molecule has 1 N–H and O–H groups in total. The fourth-order valence-electron chi connectivity index (χ4n) is 2.44. The first-order valence-corrected chi connectivity index (χ1v) is 6.20. The smallest absolute Gasteiger partial charge is 0.146 e. The zero-order valence-corrected chi connectivity index (χ0v) is 10.9. The van der Waals surface area contributed by atoms with E-state index in [1.165, 1.54) is 0 Å². The summed E-state index contributed by atoms with van der Waals surface area (Å²) < 4.78 is 14.0. The number of halogens is 1. The fourth-order valence-corrected chi connectivity index (χ4v) is 2.44. The lowest BCUT2D eigenvalue weighted by Gasteiger charge is -2.22. The van der Waals surface area contributed by atoms with Crippen LogP contribution in [0.2, 0.25) is 0 Å². The van der Waals surface area contributed by atoms with Gasteiger partial charge in [-0.1, -0.05) is 19.9 Å². The first-order valence-electron chi connectivity index (χ1n) is 6.20. The molecule has 0 saturated carbocycles. The van der Waals surface area contributed by atoms with Gasteiger partial charge in [-0.25, -0.2) is 4.39 Å². The third kappa shape index (κ3) is 2.78. The summed E-state index contributed by atoms with van der Waals surface area (Å²) in [5.41, 5.74) is 2.04. The summed E-state index contributed by atoms with van der Waals surface area (Å²) in [7, 11) is 1.87. The maximum absolute atomic E-state index is 14.0. The molecule has 0 aromatic heterocycles. The summed E-state index contributed by atoms with van der Waals surface area (Å²) in [6.45, 7) is 7.08. The zero-order valence-electron chi connectivity index (χ0n) is 10.9. The topological polar surface area (TPSA) is 15.3 Å². The van der Waals surface area contributed by atoms with Gasteiger partial charge < -0.3 is 10.2 Å². The average molecular weight is 236 g/mol. The molecule has 1 aliphatic heterocycles. The molecular weight excluding hydrogens is 215 g/mol. The summed E-state index contributed by atoms with van der Waals surface area (Å²) in [4.78, 5) is 2.15. The van der Waals surface area contributed by atoms with Crippen molar-refractivity contribution in [2.24, 2.45) is 5.41 Å². The molecular formula is C14H21FN2. The van der Waals surface area contributed by atoms with Crippen LogP contribution < -0.4 is 10.2 Å². The van der Waals surface area contributed by atoms with E-state index in [1.54, 1.807) is 6.07 Å². The van der Waals surface area contributed by atoms with E-state index in [-0.39, 0.29) is 5.82 Å². The average Bonchev–Trinajstić information content (AvgIpc) is 2.59. The second-order valence-electron chi connectivity index (χ2n) is 5.65. The number of benzene rings is 1. The SMILES string of the molecule is CNCc1ccc(N2CCC(C)(C)C2)c(F)c1. The Hall–Kier alpha value is -1.09. The van der Waals surface area contributed by atoms with E-state index in [4.69, 9.17) is 0 Å². The molecule has 1 aliphatic rings. The Bertz CT molecular complexity index is 401. The zero-order chi connectivity index (χ0) is 12.5. The van der Waals surface area contributed by atoms with Crippen LogP contribution in [0.1, 0.15) is 25.8 Å². The molecule has 17 heavy (non-hydrogen) atoms. The van der Waals surface area contributed by atoms with Crippen molar-refractivity contribution in [3.8, 4) is 0 Å². The summed E-state index contributed by atoms with van der Waals surface area (Å²) in [5.74, 6) is -0.101. The fraction of sp³-hybridized carbons (Fsp3) is 0.571. The molecule has 0 amide bonds. The van der Waals surface area contributed by atoms with Crippen LogP contribution in [0.5, 0.6) is 0 Å². The lowest BCUT2D eigenvalue weighted by molar-refractivity contribution is 0.418. The Labute approximate surface area is 103 Å². The summed E-state index contributed by atoms with van der Waals surface area (Å²) in [6.07, 6.45) is 1.13. The van der Waals surface area contributed by atoms with Crippen LogP contribution in [0.4, 0.5) is 10.1 Å². The standard InChI is InChI=1S/C14H21FN2/c1-14(2)6-7-17(10-14)13-5-4-11(9-16-3)8-12(13)15/h4-5,8,16H,6-7,9-10H2,1-3H3. The monoisotopic (exact) mass is 236 g/mol. The highest BCUT2D eigenvalue weighted by Crippen LogP contribution is 2.33. The largest absolute Gasteiger partial charge is 0.369 e. The van der Waals surface area contributed by atoms with Gasteiger partial charge in [-0.3, -0.25) is 0 Å². The second kappa shape index (κ2) is 4.65. The van der Waals surface area contributed by atoms with Crippen molar-refractivity contribution < 1.29 is 4.39 Å². The number of nitrogens with zero attached hydrogens (tertiary/aromatic N) is 1. The van der Waals surface area contributed by atoms with Crippen molar-refractivity contribution >= 4 is 5.69 Å². The van der Waals surface area contributed by atoms with E-state index in [0.717, 1.165) is 30.8 Å². The maximum atomic E-state index is 14.0. The molecule has 3 heteroatoms. The number of hydrogen-bond acceptors (Lipinski definition) is 2. The van der Waals surface area contributed by atoms with Gasteiger partial charge in [-0.05, 0) is 36.6 Å². The van der Waals surface area contributed by atoms with E-state index in [2.05, 4.69) is 24.1 Å². The minimum atomic E-state index is -0.101. The van der Waals surface area contributed by atoms with Crippen molar-refractivity contribution in [1.29, 1.82) is 0 Å². The molecule has 0 spiro atoms. The first-order chi connectivity index (χ1) is 8.02. The van der Waals surface area contributed by atoms with Crippen LogP contribution in [0, 0.1) is 11.2 Å². The minimum absolute atomic E-state index is 0.101. The molecule has 2 rings (SSSR count). The number of anilines is 1. The molecule has 1 heterocycles. The number of rotatable bonds is 3. The molecule has 1 aromatic carbocycles. The highest BCUT2D eigenvalue weighted by molar-refractivity contribution is 5.50. The minimum Gasteiger partial charge on any atom is -0.369 e. The first kappa shape index (κ1) is 12.4. The van der Waals surface area contributed by atoms with Crippen LogP contribution >= 0.6 is 0 Å². The second-order valence-corrected chi connectivity index (χ2v) is 5.65. The van der Waals surface area contributed by atoms with E-state index >= 15 is 0 Å². The van der Waals surface area contributed by atoms with E-state index in [0.29, 0.717) is 12.0 Å². The van der Waals surface area contributed by atoms with Gasteiger partial charge >= 0.3 is 0 Å². The third-order valence-electron chi connectivity index (χ3n) is 3.41. The lowest BCUT2D eigenvalue weighted by Crippen LogP contribution is -2.23. The molecule has 1 aromatic rings. The molecule has 1 saturated heterocycles. The predicted molar refractivity (Wildman–Crippen MR) is 69.8 cm³/mol.